The lowest BCUT2D eigenvalue weighted by Gasteiger charge is -2.32. The maximum atomic E-state index is 13.8. The number of halogens is 2. The average molecular weight is 563 g/mol. The van der Waals surface area contributed by atoms with Crippen LogP contribution in [0.3, 0.4) is 0 Å². The summed E-state index contributed by atoms with van der Waals surface area (Å²) >= 11 is 12.4. The van der Waals surface area contributed by atoms with E-state index in [2.05, 4.69) is 5.32 Å². The van der Waals surface area contributed by atoms with Gasteiger partial charge in [-0.05, 0) is 62.2 Å². The zero-order chi connectivity index (χ0) is 27.2. The second-order valence-electron chi connectivity index (χ2n) is 8.44. The number of sulfonamides is 1. The molecule has 0 aliphatic carbocycles. The molecule has 196 valence electrons. The predicted octanol–water partition coefficient (Wildman–Crippen LogP) is 5.05. The molecule has 7 nitrogen and oxygen atoms in total. The van der Waals surface area contributed by atoms with E-state index in [9.17, 15) is 18.0 Å². The second-order valence-corrected chi connectivity index (χ2v) is 11.1. The number of nitrogens with zero attached hydrogens (tertiary/aromatic N) is 2. The molecule has 3 rings (SSSR count). The third kappa shape index (κ3) is 6.83. The van der Waals surface area contributed by atoms with E-state index in [4.69, 9.17) is 23.2 Å². The van der Waals surface area contributed by atoms with E-state index in [1.807, 2.05) is 0 Å². The molecular formula is C27H29Cl2N3O4S. The summed E-state index contributed by atoms with van der Waals surface area (Å²) in [4.78, 5) is 28.0. The van der Waals surface area contributed by atoms with E-state index < -0.39 is 28.5 Å². The van der Waals surface area contributed by atoms with Gasteiger partial charge in [-0.15, -0.1) is 0 Å². The first-order valence-electron chi connectivity index (χ1n) is 11.7. The van der Waals surface area contributed by atoms with Gasteiger partial charge in [0.2, 0.25) is 11.8 Å². The van der Waals surface area contributed by atoms with Gasteiger partial charge in [-0.2, -0.15) is 0 Å². The van der Waals surface area contributed by atoms with E-state index in [0.717, 1.165) is 4.31 Å². The highest BCUT2D eigenvalue weighted by Crippen LogP contribution is 2.28. The lowest BCUT2D eigenvalue weighted by Crippen LogP contribution is -2.51. The molecule has 0 aliphatic heterocycles. The number of anilines is 1. The molecule has 1 N–H and O–H groups in total. The van der Waals surface area contributed by atoms with E-state index in [-0.39, 0.29) is 17.3 Å². The molecule has 10 heteroatoms. The van der Waals surface area contributed by atoms with Crippen LogP contribution in [0.15, 0.2) is 77.7 Å². The summed E-state index contributed by atoms with van der Waals surface area (Å²) < 4.78 is 28.6. The van der Waals surface area contributed by atoms with Crippen LogP contribution in [0.5, 0.6) is 0 Å². The van der Waals surface area contributed by atoms with Gasteiger partial charge in [-0.25, -0.2) is 8.42 Å². The summed E-state index contributed by atoms with van der Waals surface area (Å²) in [5, 5.41) is 3.49. The Morgan fingerprint density at radius 1 is 0.973 bits per heavy atom. The molecule has 0 aliphatic rings. The zero-order valence-corrected chi connectivity index (χ0v) is 23.1. The van der Waals surface area contributed by atoms with Crippen LogP contribution in [0, 0.1) is 6.92 Å². The van der Waals surface area contributed by atoms with E-state index in [0.29, 0.717) is 33.4 Å². The average Bonchev–Trinajstić information content (AvgIpc) is 2.87. The van der Waals surface area contributed by atoms with Gasteiger partial charge in [-0.3, -0.25) is 13.9 Å². The topological polar surface area (TPSA) is 86.8 Å². The highest BCUT2D eigenvalue weighted by atomic mass is 35.5. The number of aryl methyl sites for hydroxylation is 1. The summed E-state index contributed by atoms with van der Waals surface area (Å²) in [6, 6.07) is 18.8. The molecule has 37 heavy (non-hydrogen) atoms. The van der Waals surface area contributed by atoms with E-state index in [1.165, 1.54) is 17.0 Å². The van der Waals surface area contributed by atoms with Crippen LogP contribution in [0.1, 0.15) is 25.0 Å². The van der Waals surface area contributed by atoms with E-state index >= 15 is 0 Å². The summed E-state index contributed by atoms with van der Waals surface area (Å²) in [7, 11) is -4.11. The minimum Gasteiger partial charge on any atom is -0.355 e. The number of benzene rings is 3. The molecule has 0 saturated heterocycles. The summed E-state index contributed by atoms with van der Waals surface area (Å²) in [6.45, 7) is 4.99. The van der Waals surface area contributed by atoms with E-state index in [1.54, 1.807) is 81.4 Å². The molecule has 0 radical (unpaired) electrons. The van der Waals surface area contributed by atoms with Crippen molar-refractivity contribution in [3.05, 3.63) is 94.0 Å². The highest BCUT2D eigenvalue weighted by molar-refractivity contribution is 7.92. The fourth-order valence-corrected chi connectivity index (χ4v) is 5.78. The number of hydrogen-bond donors (Lipinski definition) is 1. The van der Waals surface area contributed by atoms with Crippen LogP contribution >= 0.6 is 23.2 Å². The Morgan fingerprint density at radius 2 is 1.62 bits per heavy atom. The van der Waals surface area contributed by atoms with Gasteiger partial charge in [0, 0.05) is 23.1 Å². The van der Waals surface area contributed by atoms with Crippen molar-refractivity contribution in [1.82, 2.24) is 10.2 Å². The number of nitrogens with one attached hydrogen (secondary N) is 1. The summed E-state index contributed by atoms with van der Waals surface area (Å²) in [5.41, 5.74) is 1.62. The number of likely N-dealkylation sites (N-methyl/N-ethyl adjacent to an activating group) is 1. The van der Waals surface area contributed by atoms with Gasteiger partial charge in [0.05, 0.1) is 10.6 Å². The van der Waals surface area contributed by atoms with Crippen molar-refractivity contribution >= 4 is 50.7 Å². The molecule has 0 heterocycles. The Morgan fingerprint density at radius 3 is 2.24 bits per heavy atom. The Bertz CT molecular complexity index is 1370. The number of hydrogen-bond acceptors (Lipinski definition) is 4. The monoisotopic (exact) mass is 561 g/mol. The first-order chi connectivity index (χ1) is 17.6. The molecule has 0 fully saturated rings. The van der Waals surface area contributed by atoms with Crippen molar-refractivity contribution in [3.8, 4) is 0 Å². The standard InChI is InChI=1S/C27H29Cl2N3O4S/c1-4-30-27(34)20(3)31(17-21-14-15-22(28)16-24(21)29)26(33)18-32(25-13-9-8-10-19(25)2)37(35,36)23-11-6-5-7-12-23/h5-16,20H,4,17-18H2,1-3H3,(H,30,34)/t20-/m0/s1. The number of amides is 2. The van der Waals surface area contributed by atoms with Crippen LogP contribution in [0.25, 0.3) is 0 Å². The first-order valence-corrected chi connectivity index (χ1v) is 13.9. The quantitative estimate of drug-likeness (QED) is 0.375. The van der Waals surface area contributed by atoms with Crippen molar-refractivity contribution in [2.75, 3.05) is 17.4 Å². The largest absolute Gasteiger partial charge is 0.355 e. The Balaban J connectivity index is 2.05. The maximum Gasteiger partial charge on any atom is 0.264 e. The van der Waals surface area contributed by atoms with Crippen molar-refractivity contribution in [1.29, 1.82) is 0 Å². The molecule has 3 aromatic carbocycles. The maximum absolute atomic E-state index is 13.8. The SMILES string of the molecule is CCNC(=O)[C@H](C)N(Cc1ccc(Cl)cc1Cl)C(=O)CN(c1ccccc1C)S(=O)(=O)c1ccccc1. The normalized spacial score (nSPS) is 12.0. The molecule has 0 aromatic heterocycles. The van der Waals surface area contributed by atoms with Crippen molar-refractivity contribution in [2.45, 2.75) is 38.3 Å². The van der Waals surface area contributed by atoms with Crippen LogP contribution in [-0.4, -0.2) is 44.3 Å². The molecule has 1 atom stereocenters. The zero-order valence-electron chi connectivity index (χ0n) is 20.8. The number of para-hydroxylation sites is 1. The van der Waals surface area contributed by atoms with Gasteiger partial charge in [-0.1, -0.05) is 65.7 Å². The van der Waals surface area contributed by atoms with Crippen LogP contribution in [0.2, 0.25) is 10.0 Å². The van der Waals surface area contributed by atoms with Crippen LogP contribution in [0.4, 0.5) is 5.69 Å². The number of carbonyl (C=O) groups is 2. The van der Waals surface area contributed by atoms with Crippen molar-refractivity contribution < 1.29 is 18.0 Å². The first kappa shape index (κ1) is 28.5. The van der Waals surface area contributed by atoms with Gasteiger partial charge in [0.1, 0.15) is 12.6 Å². The molecule has 0 unspecified atom stereocenters. The minimum absolute atomic E-state index is 0.0138. The van der Waals surface area contributed by atoms with Gasteiger partial charge < -0.3 is 10.2 Å². The van der Waals surface area contributed by atoms with Crippen molar-refractivity contribution in [2.24, 2.45) is 0 Å². The van der Waals surface area contributed by atoms with Crippen LogP contribution < -0.4 is 9.62 Å². The van der Waals surface area contributed by atoms with Crippen LogP contribution in [-0.2, 0) is 26.2 Å². The smallest absolute Gasteiger partial charge is 0.264 e. The summed E-state index contributed by atoms with van der Waals surface area (Å²) in [6.07, 6.45) is 0. The Labute approximate surface area is 228 Å². The van der Waals surface area contributed by atoms with Gasteiger partial charge in [0.25, 0.3) is 10.0 Å². The fourth-order valence-electron chi connectivity index (χ4n) is 3.81. The molecule has 0 spiro atoms. The third-order valence-electron chi connectivity index (χ3n) is 5.87. The fraction of sp³-hybridized carbons (Fsp3) is 0.259. The molecule has 0 saturated carbocycles. The Kier molecular flexibility index (Phi) is 9.59. The molecule has 3 aromatic rings. The van der Waals surface area contributed by atoms with Gasteiger partial charge >= 0.3 is 0 Å². The van der Waals surface area contributed by atoms with Gasteiger partial charge in [0.15, 0.2) is 0 Å². The predicted molar refractivity (Wildman–Crippen MR) is 147 cm³/mol. The molecule has 0 bridgehead atoms. The molecule has 2 amide bonds. The number of carbonyl (C=O) groups excluding carboxylic acids is 2. The minimum atomic E-state index is -4.11. The lowest BCUT2D eigenvalue weighted by molar-refractivity contribution is -0.139. The van der Waals surface area contributed by atoms with Crippen molar-refractivity contribution in [3.63, 3.8) is 0 Å². The second kappa shape index (κ2) is 12.4. The summed E-state index contributed by atoms with van der Waals surface area (Å²) in [5.74, 6) is -0.929. The lowest BCUT2D eigenvalue weighted by atomic mass is 10.1. The number of rotatable bonds is 10. The highest BCUT2D eigenvalue weighted by Gasteiger charge is 2.33. The third-order valence-corrected chi connectivity index (χ3v) is 8.23. The molecular weight excluding hydrogens is 533 g/mol. The Hall–Kier alpha value is -3.07.